The lowest BCUT2D eigenvalue weighted by Gasteiger charge is -2.09. The van der Waals surface area contributed by atoms with Gasteiger partial charge in [0.05, 0.1) is 21.8 Å². The van der Waals surface area contributed by atoms with Gasteiger partial charge in [-0.05, 0) is 18.2 Å². The van der Waals surface area contributed by atoms with Gasteiger partial charge in [-0.15, -0.1) is 0 Å². The first-order valence-electron chi connectivity index (χ1n) is 7.34. The second-order valence-electron chi connectivity index (χ2n) is 5.59. The molecule has 2 heterocycles. The third kappa shape index (κ3) is 3.52. The molecule has 3 aromatic rings. The Hall–Kier alpha value is -2.12. The van der Waals surface area contributed by atoms with Crippen LogP contribution in [0.1, 0.15) is 0 Å². The van der Waals surface area contributed by atoms with E-state index in [4.69, 9.17) is 11.6 Å². The Morgan fingerprint density at radius 2 is 2.04 bits per heavy atom. The molecule has 2 aromatic heterocycles. The summed E-state index contributed by atoms with van der Waals surface area (Å²) in [5.41, 5.74) is 2.63. The van der Waals surface area contributed by atoms with Gasteiger partial charge in [-0.3, -0.25) is 0 Å². The molecule has 0 bridgehead atoms. The van der Waals surface area contributed by atoms with Crippen LogP contribution in [-0.4, -0.2) is 41.5 Å². The number of imidazole rings is 1. The monoisotopic (exact) mass is 364 g/mol. The van der Waals surface area contributed by atoms with Crippen molar-refractivity contribution in [1.29, 1.82) is 0 Å². The number of pyridine rings is 1. The summed E-state index contributed by atoms with van der Waals surface area (Å²) in [4.78, 5) is 8.82. The summed E-state index contributed by atoms with van der Waals surface area (Å²) >= 11 is 6.30. The summed E-state index contributed by atoms with van der Waals surface area (Å²) < 4.78 is 24.4. The first-order valence-corrected chi connectivity index (χ1v) is 9.78. The van der Waals surface area contributed by atoms with Crippen molar-refractivity contribution in [3.8, 4) is 11.4 Å². The number of hydrogen-bond donors (Lipinski definition) is 1. The Labute approximate surface area is 145 Å². The molecule has 0 aliphatic rings. The van der Waals surface area contributed by atoms with E-state index in [1.165, 1.54) is 6.26 Å². The molecular weight excluding hydrogens is 348 g/mol. The molecule has 1 N–H and O–H groups in total. The summed E-state index contributed by atoms with van der Waals surface area (Å²) in [5, 5.41) is 3.49. The minimum atomic E-state index is -3.02. The molecule has 0 saturated carbocycles. The second kappa shape index (κ2) is 6.41. The molecule has 0 amide bonds. The minimum Gasteiger partial charge on any atom is -0.369 e. The van der Waals surface area contributed by atoms with E-state index in [1.807, 2.05) is 35.9 Å². The molecule has 0 unspecified atom stereocenters. The topological polar surface area (TPSA) is 76.9 Å². The van der Waals surface area contributed by atoms with Crippen LogP contribution >= 0.6 is 11.6 Å². The molecule has 6 nitrogen and oxygen atoms in total. The van der Waals surface area contributed by atoms with Crippen molar-refractivity contribution in [1.82, 2.24) is 14.5 Å². The van der Waals surface area contributed by atoms with Crippen molar-refractivity contribution >= 4 is 38.3 Å². The maximum atomic E-state index is 11.2. The number of fused-ring (bicyclic) bond motifs is 1. The van der Waals surface area contributed by atoms with Crippen LogP contribution in [0, 0.1) is 0 Å². The van der Waals surface area contributed by atoms with Crippen LogP contribution in [-0.2, 0) is 16.9 Å². The maximum absolute atomic E-state index is 11.2. The van der Waals surface area contributed by atoms with Crippen LogP contribution in [0.3, 0.4) is 0 Å². The van der Waals surface area contributed by atoms with Gasteiger partial charge in [-0.1, -0.05) is 23.7 Å². The average Bonchev–Trinajstić information content (AvgIpc) is 2.85. The van der Waals surface area contributed by atoms with E-state index in [2.05, 4.69) is 15.3 Å². The lowest BCUT2D eigenvalue weighted by atomic mass is 10.2. The van der Waals surface area contributed by atoms with Crippen molar-refractivity contribution in [3.63, 3.8) is 0 Å². The smallest absolute Gasteiger partial charge is 0.149 e. The highest BCUT2D eigenvalue weighted by Crippen LogP contribution is 2.30. The number of halogens is 1. The van der Waals surface area contributed by atoms with Gasteiger partial charge in [0.1, 0.15) is 21.5 Å². The Balaban J connectivity index is 1.95. The zero-order valence-electron chi connectivity index (χ0n) is 13.3. The molecular formula is C16H17ClN4O2S. The normalized spacial score (nSPS) is 11.8. The van der Waals surface area contributed by atoms with Gasteiger partial charge in [-0.25, -0.2) is 18.4 Å². The number of aromatic nitrogens is 3. The third-order valence-corrected chi connectivity index (χ3v) is 4.91. The molecule has 0 aliphatic heterocycles. The molecule has 24 heavy (non-hydrogen) atoms. The van der Waals surface area contributed by atoms with E-state index < -0.39 is 9.84 Å². The van der Waals surface area contributed by atoms with Gasteiger partial charge in [0.15, 0.2) is 0 Å². The van der Waals surface area contributed by atoms with Gasteiger partial charge in [0.2, 0.25) is 0 Å². The van der Waals surface area contributed by atoms with Crippen molar-refractivity contribution in [2.45, 2.75) is 0 Å². The fraction of sp³-hybridized carbons (Fsp3) is 0.250. The van der Waals surface area contributed by atoms with Gasteiger partial charge in [0, 0.05) is 31.6 Å². The van der Waals surface area contributed by atoms with E-state index in [0.29, 0.717) is 10.8 Å². The number of nitrogens with one attached hydrogen (secondary N) is 1. The summed E-state index contributed by atoms with van der Waals surface area (Å²) in [7, 11) is -1.09. The Bertz CT molecular complexity index is 998. The molecule has 0 aliphatic carbocycles. The predicted octanol–water partition coefficient (Wildman–Crippen LogP) is 2.75. The Kier molecular flexibility index (Phi) is 4.47. The zero-order chi connectivity index (χ0) is 17.3. The first-order chi connectivity index (χ1) is 11.3. The van der Waals surface area contributed by atoms with E-state index in [1.54, 1.807) is 12.3 Å². The lowest BCUT2D eigenvalue weighted by molar-refractivity contribution is 0.602. The van der Waals surface area contributed by atoms with Gasteiger partial charge in [-0.2, -0.15) is 0 Å². The van der Waals surface area contributed by atoms with Gasteiger partial charge in [0.25, 0.3) is 0 Å². The molecule has 126 valence electrons. The third-order valence-electron chi connectivity index (χ3n) is 3.66. The standard InChI is InChI=1S/C16H17ClN4O2S/c1-21-14-6-4-3-5-13(14)20-16(21)11-9-15(19-10-12(11)17)18-7-8-24(2,22)23/h3-6,9-10H,7-8H2,1-2H3,(H,18,19). The highest BCUT2D eigenvalue weighted by Gasteiger charge is 2.14. The van der Waals surface area contributed by atoms with Crippen LogP contribution in [0.15, 0.2) is 36.5 Å². The first kappa shape index (κ1) is 16.7. The maximum Gasteiger partial charge on any atom is 0.149 e. The van der Waals surface area contributed by atoms with Crippen molar-refractivity contribution in [2.24, 2.45) is 7.05 Å². The Morgan fingerprint density at radius 3 is 2.75 bits per heavy atom. The largest absolute Gasteiger partial charge is 0.369 e. The summed E-state index contributed by atoms with van der Waals surface area (Å²) in [6.07, 6.45) is 2.74. The predicted molar refractivity (Wildman–Crippen MR) is 97.2 cm³/mol. The number of rotatable bonds is 5. The number of anilines is 1. The quantitative estimate of drug-likeness (QED) is 0.753. The highest BCUT2D eigenvalue weighted by atomic mass is 35.5. The molecule has 0 saturated heterocycles. The molecule has 8 heteroatoms. The van der Waals surface area contributed by atoms with Crippen molar-refractivity contribution in [3.05, 3.63) is 41.6 Å². The van der Waals surface area contributed by atoms with Crippen LogP contribution in [0.25, 0.3) is 22.4 Å². The van der Waals surface area contributed by atoms with Crippen molar-refractivity contribution < 1.29 is 8.42 Å². The number of para-hydroxylation sites is 2. The van der Waals surface area contributed by atoms with E-state index >= 15 is 0 Å². The second-order valence-corrected chi connectivity index (χ2v) is 8.26. The Morgan fingerprint density at radius 1 is 1.29 bits per heavy atom. The van der Waals surface area contributed by atoms with Crippen molar-refractivity contribution in [2.75, 3.05) is 23.9 Å². The number of nitrogens with zero attached hydrogens (tertiary/aromatic N) is 3. The lowest BCUT2D eigenvalue weighted by Crippen LogP contribution is -2.14. The number of benzene rings is 1. The fourth-order valence-electron chi connectivity index (χ4n) is 2.46. The molecule has 0 atom stereocenters. The van der Waals surface area contributed by atoms with Crippen LogP contribution in [0.5, 0.6) is 0 Å². The average molecular weight is 365 g/mol. The van der Waals surface area contributed by atoms with E-state index in [0.717, 1.165) is 22.4 Å². The van der Waals surface area contributed by atoms with Gasteiger partial charge >= 0.3 is 0 Å². The summed E-state index contributed by atoms with van der Waals surface area (Å²) in [6, 6.07) is 9.61. The SMILES string of the molecule is Cn1c(-c2cc(NCCS(C)(=O)=O)ncc2Cl)nc2ccccc21. The summed E-state index contributed by atoms with van der Waals surface area (Å²) in [6.45, 7) is 0.287. The minimum absolute atomic E-state index is 0.0406. The van der Waals surface area contributed by atoms with Crippen LogP contribution in [0.2, 0.25) is 5.02 Å². The summed E-state index contributed by atoms with van der Waals surface area (Å²) in [5.74, 6) is 1.33. The molecule has 0 radical (unpaired) electrons. The zero-order valence-corrected chi connectivity index (χ0v) is 14.9. The molecule has 0 spiro atoms. The van der Waals surface area contributed by atoms with Crippen LogP contribution in [0.4, 0.5) is 5.82 Å². The molecule has 3 rings (SSSR count). The molecule has 0 fully saturated rings. The van der Waals surface area contributed by atoms with Crippen LogP contribution < -0.4 is 5.32 Å². The number of hydrogen-bond acceptors (Lipinski definition) is 5. The highest BCUT2D eigenvalue weighted by molar-refractivity contribution is 7.90. The fourth-order valence-corrected chi connectivity index (χ4v) is 3.12. The number of sulfone groups is 1. The van der Waals surface area contributed by atoms with E-state index in [-0.39, 0.29) is 12.3 Å². The number of aryl methyl sites for hydroxylation is 1. The van der Waals surface area contributed by atoms with Gasteiger partial charge < -0.3 is 9.88 Å². The van der Waals surface area contributed by atoms with E-state index in [9.17, 15) is 8.42 Å². The molecule has 1 aromatic carbocycles.